The molecule has 286 valence electrons. The van der Waals surface area contributed by atoms with Crippen LogP contribution in [0.1, 0.15) is 22.3 Å². The third-order valence-corrected chi connectivity index (χ3v) is 12.7. The zero-order chi connectivity index (χ0) is 40.3. The lowest BCUT2D eigenvalue weighted by molar-refractivity contribution is 0.666. The van der Waals surface area contributed by atoms with Gasteiger partial charge in [-0.25, -0.2) is 0 Å². The van der Waals surface area contributed by atoms with Crippen LogP contribution < -0.4 is 4.90 Å². The van der Waals surface area contributed by atoms with Crippen LogP contribution in [0.25, 0.3) is 66.1 Å². The molecule has 11 aromatic rings. The molecule has 0 amide bonds. The standard InChI is InChI=1S/C59H39NO/c1-5-18-40(19-6-1)43-36-44(41-20-7-2-8-21-41)38-48(37-43)60(47-25-11-4-12-26-47)54-30-17-31-55-57(54)52-35-33-46(39-56(52)61-55)59(45-23-9-3-10-24-45)53-29-16-15-28-50(53)51-34-32-42-22-13-14-27-49(42)58(51)59/h1-39H. The van der Waals surface area contributed by atoms with Crippen LogP contribution in [0.3, 0.4) is 0 Å². The van der Waals surface area contributed by atoms with E-state index in [1.165, 1.54) is 55.3 Å². The van der Waals surface area contributed by atoms with Gasteiger partial charge in [-0.3, -0.25) is 0 Å². The van der Waals surface area contributed by atoms with Gasteiger partial charge in [0.05, 0.1) is 16.5 Å². The molecule has 10 aromatic carbocycles. The molecule has 0 saturated heterocycles. The second-order valence-electron chi connectivity index (χ2n) is 16.0. The molecular formula is C59H39NO. The van der Waals surface area contributed by atoms with Crippen molar-refractivity contribution in [1.29, 1.82) is 0 Å². The second-order valence-corrected chi connectivity index (χ2v) is 16.0. The van der Waals surface area contributed by atoms with E-state index in [4.69, 9.17) is 4.42 Å². The molecule has 1 aromatic heterocycles. The Labute approximate surface area is 355 Å². The van der Waals surface area contributed by atoms with Gasteiger partial charge >= 0.3 is 0 Å². The number of anilines is 3. The summed E-state index contributed by atoms with van der Waals surface area (Å²) in [5, 5.41) is 4.64. The monoisotopic (exact) mass is 777 g/mol. The van der Waals surface area contributed by atoms with E-state index in [2.05, 4.69) is 241 Å². The molecule has 0 bridgehead atoms. The highest BCUT2D eigenvalue weighted by molar-refractivity contribution is 6.14. The molecule has 1 aliphatic rings. The summed E-state index contributed by atoms with van der Waals surface area (Å²) in [6, 6.07) is 85.8. The molecule has 0 spiro atoms. The van der Waals surface area contributed by atoms with Crippen molar-refractivity contribution < 1.29 is 4.42 Å². The van der Waals surface area contributed by atoms with Gasteiger partial charge in [0.2, 0.25) is 0 Å². The lowest BCUT2D eigenvalue weighted by atomic mass is 9.66. The quantitative estimate of drug-likeness (QED) is 0.160. The van der Waals surface area contributed by atoms with Gasteiger partial charge in [-0.15, -0.1) is 0 Å². The Morgan fingerprint density at radius 3 is 1.74 bits per heavy atom. The lowest BCUT2D eigenvalue weighted by Gasteiger charge is -2.34. The Bertz CT molecular complexity index is 3350. The van der Waals surface area contributed by atoms with Crippen LogP contribution in [0, 0.1) is 0 Å². The average molecular weight is 778 g/mol. The molecule has 1 atom stereocenters. The smallest absolute Gasteiger partial charge is 0.137 e. The SMILES string of the molecule is c1ccc(-c2cc(-c3ccccc3)cc(N(c3ccccc3)c3cccc4oc5cc(C6(c7ccccc7)c7ccccc7-c7ccc8ccccc8c76)ccc5c34)c2)cc1. The van der Waals surface area contributed by atoms with Gasteiger partial charge in [-0.05, 0) is 115 Å². The van der Waals surface area contributed by atoms with Gasteiger partial charge in [-0.2, -0.15) is 0 Å². The minimum absolute atomic E-state index is 0.578. The molecule has 0 saturated carbocycles. The first-order chi connectivity index (χ1) is 30.3. The zero-order valence-corrected chi connectivity index (χ0v) is 33.4. The van der Waals surface area contributed by atoms with Crippen LogP contribution in [0.5, 0.6) is 0 Å². The third kappa shape index (κ3) is 5.50. The highest BCUT2D eigenvalue weighted by Gasteiger charge is 2.47. The summed E-state index contributed by atoms with van der Waals surface area (Å²) in [6.45, 7) is 0. The van der Waals surface area contributed by atoms with E-state index in [-0.39, 0.29) is 0 Å². The summed E-state index contributed by atoms with van der Waals surface area (Å²) in [5.74, 6) is 0. The van der Waals surface area contributed by atoms with E-state index in [0.717, 1.165) is 50.1 Å². The number of benzene rings is 10. The van der Waals surface area contributed by atoms with Crippen LogP contribution in [0.2, 0.25) is 0 Å². The van der Waals surface area contributed by atoms with E-state index >= 15 is 0 Å². The molecule has 2 nitrogen and oxygen atoms in total. The molecule has 1 aliphatic carbocycles. The molecule has 0 aliphatic heterocycles. The first kappa shape index (κ1) is 35.0. The number of hydrogen-bond acceptors (Lipinski definition) is 2. The van der Waals surface area contributed by atoms with Crippen LogP contribution in [0.4, 0.5) is 17.1 Å². The fraction of sp³-hybridized carbons (Fsp3) is 0.0169. The maximum Gasteiger partial charge on any atom is 0.137 e. The fourth-order valence-corrected chi connectivity index (χ4v) is 10.1. The highest BCUT2D eigenvalue weighted by atomic mass is 16.3. The number of nitrogens with zero attached hydrogens (tertiary/aromatic N) is 1. The minimum atomic E-state index is -0.578. The van der Waals surface area contributed by atoms with Gasteiger partial charge in [0.1, 0.15) is 11.2 Å². The summed E-state index contributed by atoms with van der Waals surface area (Å²) in [7, 11) is 0. The Morgan fingerprint density at radius 1 is 0.361 bits per heavy atom. The maximum absolute atomic E-state index is 7.02. The topological polar surface area (TPSA) is 16.4 Å². The van der Waals surface area contributed by atoms with Crippen molar-refractivity contribution in [1.82, 2.24) is 0 Å². The highest BCUT2D eigenvalue weighted by Crippen LogP contribution is 2.58. The molecule has 12 rings (SSSR count). The fourth-order valence-electron chi connectivity index (χ4n) is 10.1. The van der Waals surface area contributed by atoms with E-state index in [9.17, 15) is 0 Å². The Balaban J connectivity index is 1.11. The predicted octanol–water partition coefficient (Wildman–Crippen LogP) is 15.9. The summed E-state index contributed by atoms with van der Waals surface area (Å²) in [5.41, 5.74) is 16.5. The number of furan rings is 1. The van der Waals surface area contributed by atoms with Gasteiger partial charge in [0, 0.05) is 16.8 Å². The van der Waals surface area contributed by atoms with Crippen molar-refractivity contribution in [2.45, 2.75) is 5.41 Å². The molecule has 61 heavy (non-hydrogen) atoms. The summed E-state index contributed by atoms with van der Waals surface area (Å²) < 4.78 is 7.02. The Hall–Kier alpha value is -7.94. The predicted molar refractivity (Wildman–Crippen MR) is 254 cm³/mol. The van der Waals surface area contributed by atoms with Crippen molar-refractivity contribution in [2.24, 2.45) is 0 Å². The van der Waals surface area contributed by atoms with Gasteiger partial charge in [0.25, 0.3) is 0 Å². The van der Waals surface area contributed by atoms with E-state index in [1.54, 1.807) is 0 Å². The summed E-state index contributed by atoms with van der Waals surface area (Å²) in [4.78, 5) is 2.39. The van der Waals surface area contributed by atoms with Crippen LogP contribution in [-0.2, 0) is 5.41 Å². The molecule has 2 heteroatoms. The second kappa shape index (κ2) is 14.1. The molecule has 0 fully saturated rings. The number of rotatable bonds is 7. The maximum atomic E-state index is 7.02. The van der Waals surface area contributed by atoms with E-state index in [0.29, 0.717) is 0 Å². The van der Waals surface area contributed by atoms with Crippen molar-refractivity contribution in [2.75, 3.05) is 4.90 Å². The van der Waals surface area contributed by atoms with Crippen LogP contribution in [-0.4, -0.2) is 0 Å². The number of para-hydroxylation sites is 1. The van der Waals surface area contributed by atoms with Gasteiger partial charge < -0.3 is 9.32 Å². The van der Waals surface area contributed by atoms with Crippen molar-refractivity contribution in [3.8, 4) is 33.4 Å². The third-order valence-electron chi connectivity index (χ3n) is 12.7. The lowest BCUT2D eigenvalue weighted by Crippen LogP contribution is -2.28. The first-order valence-corrected chi connectivity index (χ1v) is 21.0. The van der Waals surface area contributed by atoms with Crippen molar-refractivity contribution >= 4 is 49.8 Å². The number of fused-ring (bicyclic) bond motifs is 8. The van der Waals surface area contributed by atoms with Crippen molar-refractivity contribution in [3.05, 3.63) is 259 Å². The zero-order valence-electron chi connectivity index (χ0n) is 33.4. The largest absolute Gasteiger partial charge is 0.456 e. The Morgan fingerprint density at radius 2 is 1.00 bits per heavy atom. The van der Waals surface area contributed by atoms with Gasteiger partial charge in [0.15, 0.2) is 0 Å². The summed E-state index contributed by atoms with van der Waals surface area (Å²) >= 11 is 0. The number of hydrogen-bond donors (Lipinski definition) is 0. The van der Waals surface area contributed by atoms with Gasteiger partial charge in [-0.1, -0.05) is 188 Å². The van der Waals surface area contributed by atoms with Crippen LogP contribution in [0.15, 0.2) is 241 Å². The normalized spacial score (nSPS) is 14.3. The van der Waals surface area contributed by atoms with E-state index < -0.39 is 5.41 Å². The minimum Gasteiger partial charge on any atom is -0.456 e. The molecular weight excluding hydrogens is 739 g/mol. The average Bonchev–Trinajstić information content (AvgIpc) is 3.87. The summed E-state index contributed by atoms with van der Waals surface area (Å²) in [6.07, 6.45) is 0. The first-order valence-electron chi connectivity index (χ1n) is 21.0. The molecule has 1 unspecified atom stereocenters. The Kier molecular flexibility index (Phi) is 8.11. The van der Waals surface area contributed by atoms with Crippen molar-refractivity contribution in [3.63, 3.8) is 0 Å². The molecule has 0 N–H and O–H groups in total. The molecule has 0 radical (unpaired) electrons. The van der Waals surface area contributed by atoms with Crippen LogP contribution >= 0.6 is 0 Å². The van der Waals surface area contributed by atoms with E-state index in [1.807, 2.05) is 0 Å². The molecule has 1 heterocycles.